The number of hydrogen-bond donors (Lipinski definition) is 1. The Labute approximate surface area is 136 Å². The number of amides is 1. The first-order valence-electron chi connectivity index (χ1n) is 8.01. The molecular weight excluding hydrogens is 290 g/mol. The van der Waals surface area contributed by atoms with E-state index < -0.39 is 6.10 Å². The number of nitrogens with zero attached hydrogens (tertiary/aromatic N) is 1. The van der Waals surface area contributed by atoms with Crippen LogP contribution in [-0.4, -0.2) is 49.3 Å². The molecule has 4 nitrogen and oxygen atoms in total. The van der Waals surface area contributed by atoms with Crippen molar-refractivity contribution < 1.29 is 14.6 Å². The Kier molecular flexibility index (Phi) is 4.64. The van der Waals surface area contributed by atoms with Crippen LogP contribution in [0.25, 0.3) is 10.8 Å². The van der Waals surface area contributed by atoms with Gasteiger partial charge in [-0.15, -0.1) is 0 Å². The molecule has 0 aliphatic heterocycles. The fourth-order valence-corrected chi connectivity index (χ4v) is 3.32. The number of benzene rings is 2. The Morgan fingerprint density at radius 3 is 2.83 bits per heavy atom. The van der Waals surface area contributed by atoms with Gasteiger partial charge in [-0.1, -0.05) is 42.5 Å². The number of hydrogen-bond acceptors (Lipinski definition) is 3. The fourth-order valence-electron chi connectivity index (χ4n) is 3.32. The van der Waals surface area contributed by atoms with Crippen LogP contribution in [0.1, 0.15) is 17.9 Å². The van der Waals surface area contributed by atoms with Crippen LogP contribution in [0.5, 0.6) is 0 Å². The molecule has 23 heavy (non-hydrogen) atoms. The van der Waals surface area contributed by atoms with Crippen molar-refractivity contribution >= 4 is 16.7 Å². The molecule has 3 atom stereocenters. The maximum Gasteiger partial charge on any atom is 0.226 e. The maximum absolute atomic E-state index is 12.5. The van der Waals surface area contributed by atoms with E-state index in [0.717, 1.165) is 6.42 Å². The van der Waals surface area contributed by atoms with Gasteiger partial charge in [0.25, 0.3) is 0 Å². The highest BCUT2D eigenvalue weighted by Gasteiger charge is 2.45. The second-order valence-electron chi connectivity index (χ2n) is 6.34. The van der Waals surface area contributed by atoms with Gasteiger partial charge in [0.2, 0.25) is 5.91 Å². The molecule has 1 saturated carbocycles. The lowest BCUT2D eigenvalue weighted by Crippen LogP contribution is -2.37. The molecule has 1 aliphatic rings. The normalized spacial score (nSPS) is 21.2. The smallest absolute Gasteiger partial charge is 0.226 e. The molecule has 3 rings (SSSR count). The van der Waals surface area contributed by atoms with Crippen LogP contribution in [0.15, 0.2) is 42.5 Å². The summed E-state index contributed by atoms with van der Waals surface area (Å²) in [5.41, 5.74) is 1.26. The highest BCUT2D eigenvalue weighted by Crippen LogP contribution is 2.50. The molecule has 0 aromatic heterocycles. The Morgan fingerprint density at radius 1 is 1.30 bits per heavy atom. The number of aliphatic hydroxyl groups excluding tert-OH is 1. The predicted octanol–water partition coefficient (Wildman–Crippen LogP) is 2.41. The van der Waals surface area contributed by atoms with E-state index in [-0.39, 0.29) is 24.3 Å². The van der Waals surface area contributed by atoms with Gasteiger partial charge in [-0.05, 0) is 28.7 Å². The molecular formula is C19H23NO3. The summed E-state index contributed by atoms with van der Waals surface area (Å²) in [6, 6.07) is 14.6. The molecule has 1 amide bonds. The molecule has 4 heteroatoms. The molecule has 0 saturated heterocycles. The van der Waals surface area contributed by atoms with Gasteiger partial charge in [-0.25, -0.2) is 0 Å². The van der Waals surface area contributed by atoms with E-state index in [0.29, 0.717) is 6.54 Å². The van der Waals surface area contributed by atoms with Crippen LogP contribution in [-0.2, 0) is 9.53 Å². The van der Waals surface area contributed by atoms with Crippen molar-refractivity contribution in [3.63, 3.8) is 0 Å². The van der Waals surface area contributed by atoms with Crippen LogP contribution in [0.3, 0.4) is 0 Å². The zero-order valence-corrected chi connectivity index (χ0v) is 13.6. The maximum atomic E-state index is 12.5. The van der Waals surface area contributed by atoms with E-state index in [1.807, 2.05) is 12.1 Å². The standard InChI is InChI=1S/C19H23NO3/c1-20(11-14(21)12-23-2)19(22)18-10-17(18)16-9-5-7-13-6-3-4-8-15(13)16/h3-9,14,17-18,21H,10-12H2,1-2H3. The summed E-state index contributed by atoms with van der Waals surface area (Å²) in [6.07, 6.45) is 0.251. The third-order valence-electron chi connectivity index (χ3n) is 4.55. The third kappa shape index (κ3) is 3.38. The van der Waals surface area contributed by atoms with Crippen molar-refractivity contribution in [2.45, 2.75) is 18.4 Å². The summed E-state index contributed by atoms with van der Waals surface area (Å²) in [5.74, 6) is 0.425. The lowest BCUT2D eigenvalue weighted by molar-refractivity contribution is -0.133. The monoisotopic (exact) mass is 313 g/mol. The highest BCUT2D eigenvalue weighted by atomic mass is 16.5. The number of methoxy groups -OCH3 is 1. The van der Waals surface area contributed by atoms with Gasteiger partial charge in [0.1, 0.15) is 0 Å². The number of carbonyl (C=O) groups is 1. The number of rotatable bonds is 6. The Balaban J connectivity index is 1.70. The lowest BCUT2D eigenvalue weighted by Gasteiger charge is -2.20. The molecule has 0 bridgehead atoms. The average Bonchev–Trinajstić information content (AvgIpc) is 3.34. The van der Waals surface area contributed by atoms with Crippen molar-refractivity contribution in [3.05, 3.63) is 48.0 Å². The summed E-state index contributed by atoms with van der Waals surface area (Å²) >= 11 is 0. The first-order valence-corrected chi connectivity index (χ1v) is 8.01. The molecule has 0 radical (unpaired) electrons. The minimum absolute atomic E-state index is 0.0283. The van der Waals surface area contributed by atoms with E-state index in [4.69, 9.17) is 4.74 Å². The van der Waals surface area contributed by atoms with E-state index in [1.54, 1.807) is 19.1 Å². The minimum atomic E-state index is -0.635. The molecule has 1 N–H and O–H groups in total. The van der Waals surface area contributed by atoms with Gasteiger partial charge in [0, 0.05) is 26.6 Å². The van der Waals surface area contributed by atoms with Gasteiger partial charge in [0.05, 0.1) is 12.7 Å². The van der Waals surface area contributed by atoms with Crippen molar-refractivity contribution in [1.29, 1.82) is 0 Å². The molecule has 0 heterocycles. The fraction of sp³-hybridized carbons (Fsp3) is 0.421. The molecule has 1 fully saturated rings. The van der Waals surface area contributed by atoms with Gasteiger partial charge in [0.15, 0.2) is 0 Å². The van der Waals surface area contributed by atoms with E-state index in [2.05, 4.69) is 30.3 Å². The molecule has 1 aliphatic carbocycles. The first kappa shape index (κ1) is 16.0. The zero-order valence-electron chi connectivity index (χ0n) is 13.6. The summed E-state index contributed by atoms with van der Waals surface area (Å²) in [4.78, 5) is 14.2. The van der Waals surface area contributed by atoms with Crippen LogP contribution in [0.4, 0.5) is 0 Å². The molecule has 2 aromatic carbocycles. The topological polar surface area (TPSA) is 49.8 Å². The second-order valence-corrected chi connectivity index (χ2v) is 6.34. The van der Waals surface area contributed by atoms with E-state index in [9.17, 15) is 9.90 Å². The summed E-state index contributed by atoms with van der Waals surface area (Å²) < 4.78 is 4.91. The van der Waals surface area contributed by atoms with Crippen molar-refractivity contribution in [2.75, 3.05) is 27.3 Å². The largest absolute Gasteiger partial charge is 0.389 e. The summed E-state index contributed by atoms with van der Waals surface area (Å²) in [7, 11) is 3.29. The molecule has 2 aromatic rings. The predicted molar refractivity (Wildman–Crippen MR) is 90.3 cm³/mol. The number of carbonyl (C=O) groups excluding carboxylic acids is 1. The Hall–Kier alpha value is -1.91. The number of likely N-dealkylation sites (N-methyl/N-ethyl adjacent to an activating group) is 1. The van der Waals surface area contributed by atoms with E-state index >= 15 is 0 Å². The second kappa shape index (κ2) is 6.69. The quantitative estimate of drug-likeness (QED) is 0.891. The Morgan fingerprint density at radius 2 is 2.04 bits per heavy atom. The SMILES string of the molecule is COCC(O)CN(C)C(=O)C1CC1c1cccc2ccccc12. The number of ether oxygens (including phenoxy) is 1. The first-order chi connectivity index (χ1) is 11.1. The summed E-state index contributed by atoms with van der Waals surface area (Å²) in [6.45, 7) is 0.556. The third-order valence-corrected chi connectivity index (χ3v) is 4.55. The van der Waals surface area contributed by atoms with Gasteiger partial charge >= 0.3 is 0 Å². The lowest BCUT2D eigenvalue weighted by atomic mass is 10.00. The number of aliphatic hydroxyl groups is 1. The van der Waals surface area contributed by atoms with Crippen LogP contribution in [0, 0.1) is 5.92 Å². The number of fused-ring (bicyclic) bond motifs is 1. The van der Waals surface area contributed by atoms with Crippen LogP contribution >= 0.6 is 0 Å². The van der Waals surface area contributed by atoms with Crippen LogP contribution < -0.4 is 0 Å². The van der Waals surface area contributed by atoms with Crippen molar-refractivity contribution in [2.24, 2.45) is 5.92 Å². The van der Waals surface area contributed by atoms with Crippen LogP contribution in [0.2, 0.25) is 0 Å². The average molecular weight is 313 g/mol. The van der Waals surface area contributed by atoms with Gasteiger partial charge in [-0.3, -0.25) is 4.79 Å². The summed E-state index contributed by atoms with van der Waals surface area (Å²) in [5, 5.41) is 12.2. The van der Waals surface area contributed by atoms with Crippen molar-refractivity contribution in [3.8, 4) is 0 Å². The van der Waals surface area contributed by atoms with Crippen molar-refractivity contribution in [1.82, 2.24) is 4.90 Å². The molecule has 3 unspecified atom stereocenters. The molecule has 122 valence electrons. The highest BCUT2D eigenvalue weighted by molar-refractivity contribution is 5.89. The van der Waals surface area contributed by atoms with E-state index in [1.165, 1.54) is 16.3 Å². The van der Waals surface area contributed by atoms with Gasteiger partial charge in [-0.2, -0.15) is 0 Å². The molecule has 0 spiro atoms. The zero-order chi connectivity index (χ0) is 16.4. The van der Waals surface area contributed by atoms with Gasteiger partial charge < -0.3 is 14.7 Å². The Bertz CT molecular complexity index is 695. The minimum Gasteiger partial charge on any atom is -0.389 e.